The summed E-state index contributed by atoms with van der Waals surface area (Å²) >= 11 is 3.41. The van der Waals surface area contributed by atoms with Crippen LogP contribution in [0.15, 0.2) is 0 Å². The van der Waals surface area contributed by atoms with Gasteiger partial charge in [-0.1, -0.05) is 0 Å². The van der Waals surface area contributed by atoms with E-state index in [1.807, 2.05) is 0 Å². The van der Waals surface area contributed by atoms with Crippen molar-refractivity contribution in [3.05, 3.63) is 0 Å². The van der Waals surface area contributed by atoms with E-state index in [1.54, 1.807) is 0 Å². The van der Waals surface area contributed by atoms with Crippen LogP contribution in [-0.2, 0) is 0 Å². The summed E-state index contributed by atoms with van der Waals surface area (Å²) in [6, 6.07) is 0. The van der Waals surface area contributed by atoms with Gasteiger partial charge in [0, 0.05) is 34.8 Å². The van der Waals surface area contributed by atoms with Crippen molar-refractivity contribution in [2.75, 3.05) is 27.2 Å². The Bertz CT molecular complexity index is 108. The first-order chi connectivity index (χ1) is 4.04. The highest BCUT2D eigenvalue weighted by molar-refractivity contribution is 9.07. The van der Waals surface area contributed by atoms with Crippen LogP contribution in [0.1, 0.15) is 6.92 Å². The van der Waals surface area contributed by atoms with Crippen LogP contribution in [0, 0.1) is 0 Å². The van der Waals surface area contributed by atoms with Crippen molar-refractivity contribution >= 4 is 16.1 Å². The van der Waals surface area contributed by atoms with Crippen molar-refractivity contribution in [2.24, 2.45) is 0 Å². The summed E-state index contributed by atoms with van der Waals surface area (Å²) in [6.45, 7) is 4.52. The molecule has 0 atom stereocenters. The largest absolute Gasteiger partial charge is 0.301 e. The van der Waals surface area contributed by atoms with Crippen LogP contribution in [0.4, 0.5) is 0 Å². The van der Waals surface area contributed by atoms with E-state index < -0.39 is 0 Å². The highest BCUT2D eigenvalue weighted by Gasteiger charge is 2.39. The lowest BCUT2D eigenvalue weighted by molar-refractivity contribution is 0.0502. The molecule has 9 heavy (non-hydrogen) atoms. The molecule has 0 aromatic heterocycles. The summed E-state index contributed by atoms with van der Waals surface area (Å²) in [5, 5.41) is 0. The van der Waals surface area contributed by atoms with Crippen LogP contribution in [0.5, 0.6) is 0 Å². The SMILES string of the molecule is CN(C)C1(C)CN(Br)C1. The Labute approximate surface area is 65.2 Å². The molecule has 0 aromatic carbocycles. The van der Waals surface area contributed by atoms with E-state index in [0.29, 0.717) is 5.54 Å². The highest BCUT2D eigenvalue weighted by Crippen LogP contribution is 2.27. The van der Waals surface area contributed by atoms with Gasteiger partial charge in [-0.05, 0) is 21.0 Å². The van der Waals surface area contributed by atoms with E-state index in [2.05, 4.69) is 46.0 Å². The summed E-state index contributed by atoms with van der Waals surface area (Å²) < 4.78 is 2.15. The van der Waals surface area contributed by atoms with Gasteiger partial charge in [-0.2, -0.15) is 0 Å². The van der Waals surface area contributed by atoms with E-state index in [4.69, 9.17) is 0 Å². The second-order valence-corrected chi connectivity index (χ2v) is 4.17. The molecular formula is C6H13BrN2. The maximum absolute atomic E-state index is 3.41. The average molecular weight is 193 g/mol. The Morgan fingerprint density at radius 2 is 1.89 bits per heavy atom. The second-order valence-electron chi connectivity index (χ2n) is 3.17. The minimum atomic E-state index is 0.406. The van der Waals surface area contributed by atoms with E-state index >= 15 is 0 Å². The molecule has 2 nitrogen and oxygen atoms in total. The third-order valence-electron chi connectivity index (χ3n) is 2.10. The first-order valence-corrected chi connectivity index (χ1v) is 3.84. The van der Waals surface area contributed by atoms with Gasteiger partial charge in [0.05, 0.1) is 0 Å². The molecule has 1 fully saturated rings. The lowest BCUT2D eigenvalue weighted by Crippen LogP contribution is -2.63. The Kier molecular flexibility index (Phi) is 1.85. The molecule has 0 amide bonds. The van der Waals surface area contributed by atoms with Crippen molar-refractivity contribution in [3.63, 3.8) is 0 Å². The molecule has 0 N–H and O–H groups in total. The quantitative estimate of drug-likeness (QED) is 0.571. The Balaban J connectivity index is 2.40. The molecule has 1 aliphatic rings. The molecule has 1 aliphatic heterocycles. The van der Waals surface area contributed by atoms with Gasteiger partial charge in [-0.3, -0.25) is 0 Å². The third-order valence-corrected chi connectivity index (χ3v) is 2.61. The fourth-order valence-electron chi connectivity index (χ4n) is 0.976. The lowest BCUT2D eigenvalue weighted by Gasteiger charge is -2.49. The van der Waals surface area contributed by atoms with Crippen molar-refractivity contribution in [1.82, 2.24) is 8.83 Å². The average Bonchev–Trinajstić information content (AvgIpc) is 1.62. The Morgan fingerprint density at radius 1 is 1.44 bits per heavy atom. The van der Waals surface area contributed by atoms with Gasteiger partial charge in [-0.25, -0.2) is 3.93 Å². The summed E-state index contributed by atoms with van der Waals surface area (Å²) in [7, 11) is 4.25. The molecule has 0 saturated carbocycles. The fourth-order valence-corrected chi connectivity index (χ4v) is 2.06. The van der Waals surface area contributed by atoms with Gasteiger partial charge >= 0.3 is 0 Å². The molecule has 1 rings (SSSR count). The molecule has 3 heteroatoms. The van der Waals surface area contributed by atoms with Crippen LogP contribution >= 0.6 is 16.1 Å². The van der Waals surface area contributed by atoms with Crippen LogP contribution in [0.2, 0.25) is 0 Å². The lowest BCUT2D eigenvalue weighted by atomic mass is 9.94. The first-order valence-electron chi connectivity index (χ1n) is 3.13. The number of likely N-dealkylation sites (N-methyl/N-ethyl adjacent to an activating group) is 1. The molecule has 1 heterocycles. The van der Waals surface area contributed by atoms with Crippen LogP contribution in [0.25, 0.3) is 0 Å². The van der Waals surface area contributed by atoms with Gasteiger partial charge in [0.1, 0.15) is 0 Å². The molecule has 0 aliphatic carbocycles. The van der Waals surface area contributed by atoms with Gasteiger partial charge in [0.25, 0.3) is 0 Å². The van der Waals surface area contributed by atoms with E-state index in [-0.39, 0.29) is 0 Å². The van der Waals surface area contributed by atoms with Crippen LogP contribution in [0.3, 0.4) is 0 Å². The van der Waals surface area contributed by atoms with Gasteiger partial charge in [0.15, 0.2) is 0 Å². The second kappa shape index (κ2) is 2.22. The van der Waals surface area contributed by atoms with Crippen LogP contribution < -0.4 is 0 Å². The monoisotopic (exact) mass is 192 g/mol. The predicted octanol–water partition coefficient (Wildman–Crippen LogP) is 0.932. The first kappa shape index (κ1) is 7.51. The minimum absolute atomic E-state index is 0.406. The highest BCUT2D eigenvalue weighted by atomic mass is 79.9. The minimum Gasteiger partial charge on any atom is -0.301 e. The number of hydrogen-bond donors (Lipinski definition) is 0. The summed E-state index contributed by atoms with van der Waals surface area (Å²) in [6.07, 6.45) is 0. The van der Waals surface area contributed by atoms with Crippen molar-refractivity contribution < 1.29 is 0 Å². The van der Waals surface area contributed by atoms with Crippen LogP contribution in [-0.4, -0.2) is 41.5 Å². The summed E-state index contributed by atoms with van der Waals surface area (Å²) in [4.78, 5) is 2.27. The zero-order valence-corrected chi connectivity index (χ0v) is 7.77. The number of hydrogen-bond acceptors (Lipinski definition) is 2. The van der Waals surface area contributed by atoms with Crippen molar-refractivity contribution in [3.8, 4) is 0 Å². The number of halogens is 1. The smallest absolute Gasteiger partial charge is 0.0447 e. The summed E-state index contributed by atoms with van der Waals surface area (Å²) in [5.41, 5.74) is 0.406. The maximum atomic E-state index is 3.41. The molecule has 0 radical (unpaired) electrons. The van der Waals surface area contributed by atoms with Crippen molar-refractivity contribution in [1.29, 1.82) is 0 Å². The molecule has 0 unspecified atom stereocenters. The fraction of sp³-hybridized carbons (Fsp3) is 1.00. The maximum Gasteiger partial charge on any atom is 0.0447 e. The van der Waals surface area contributed by atoms with Gasteiger partial charge in [0.2, 0.25) is 0 Å². The molecule has 1 saturated heterocycles. The van der Waals surface area contributed by atoms with Crippen molar-refractivity contribution in [2.45, 2.75) is 12.5 Å². The van der Waals surface area contributed by atoms with E-state index in [9.17, 15) is 0 Å². The molecule has 0 bridgehead atoms. The predicted molar refractivity (Wildman–Crippen MR) is 42.6 cm³/mol. The zero-order valence-electron chi connectivity index (χ0n) is 6.19. The van der Waals surface area contributed by atoms with Gasteiger partial charge in [-0.15, -0.1) is 0 Å². The molecule has 54 valence electrons. The Morgan fingerprint density at radius 3 is 2.00 bits per heavy atom. The normalized spacial score (nSPS) is 26.3. The zero-order chi connectivity index (χ0) is 7.07. The van der Waals surface area contributed by atoms with Gasteiger partial charge < -0.3 is 4.90 Å². The van der Waals surface area contributed by atoms with E-state index in [0.717, 1.165) is 13.1 Å². The van der Waals surface area contributed by atoms with E-state index in [1.165, 1.54) is 0 Å². The number of rotatable bonds is 1. The molecule has 0 aromatic rings. The standard InChI is InChI=1S/C6H13BrN2/c1-6(8(2)3)4-9(7)5-6/h4-5H2,1-3H3. The molecule has 0 spiro atoms. The third kappa shape index (κ3) is 1.28. The number of nitrogens with zero attached hydrogens (tertiary/aromatic N) is 2. The Hall–Kier alpha value is 0.400. The topological polar surface area (TPSA) is 6.48 Å². The molecular weight excluding hydrogens is 180 g/mol. The summed E-state index contributed by atoms with van der Waals surface area (Å²) in [5.74, 6) is 0.